The monoisotopic (exact) mass is 498 g/mol. The van der Waals surface area contributed by atoms with Crippen molar-refractivity contribution in [3.63, 3.8) is 0 Å². The van der Waals surface area contributed by atoms with Crippen molar-refractivity contribution in [1.29, 1.82) is 0 Å². The minimum atomic E-state index is 0.116. The quantitative estimate of drug-likeness (QED) is 0.305. The molecule has 4 aromatic rings. The molecule has 1 aliphatic heterocycles. The Labute approximate surface area is 214 Å². The van der Waals surface area contributed by atoms with Crippen molar-refractivity contribution in [2.75, 3.05) is 31.4 Å². The number of thioether (sulfide) groups is 1. The number of fused-ring (bicyclic) bond motifs is 1. The average molecular weight is 499 g/mol. The number of hydrogen-bond acceptors (Lipinski definition) is 7. The van der Waals surface area contributed by atoms with Gasteiger partial charge < -0.3 is 14.4 Å². The largest absolute Gasteiger partial charge is 0.497 e. The third kappa shape index (κ3) is 5.04. The van der Waals surface area contributed by atoms with E-state index in [4.69, 9.17) is 14.5 Å². The Morgan fingerprint density at radius 1 is 0.861 bits per heavy atom. The molecule has 0 saturated carbocycles. The van der Waals surface area contributed by atoms with Gasteiger partial charge in [0.1, 0.15) is 22.9 Å². The number of benzene rings is 3. The highest BCUT2D eigenvalue weighted by Gasteiger charge is 2.24. The van der Waals surface area contributed by atoms with E-state index >= 15 is 0 Å². The van der Waals surface area contributed by atoms with E-state index in [1.807, 2.05) is 71.6 Å². The molecule has 7 nitrogen and oxygen atoms in total. The lowest BCUT2D eigenvalue weighted by atomic mass is 10.0. The molecule has 1 amide bonds. The zero-order chi connectivity index (χ0) is 24.9. The van der Waals surface area contributed by atoms with Crippen LogP contribution in [0.2, 0.25) is 0 Å². The highest BCUT2D eigenvalue weighted by molar-refractivity contribution is 7.99. The van der Waals surface area contributed by atoms with E-state index in [1.165, 1.54) is 17.3 Å². The number of nitrogens with zero attached hydrogens (tertiary/aromatic N) is 4. The molecule has 0 saturated heterocycles. The van der Waals surface area contributed by atoms with Crippen molar-refractivity contribution in [3.8, 4) is 34.0 Å². The molecular formula is C28H26N4O3S. The number of carbonyl (C=O) groups is 1. The number of amides is 1. The zero-order valence-electron chi connectivity index (χ0n) is 20.2. The second kappa shape index (κ2) is 10.8. The second-order valence-electron chi connectivity index (χ2n) is 8.27. The van der Waals surface area contributed by atoms with Crippen LogP contribution in [0.25, 0.3) is 22.5 Å². The summed E-state index contributed by atoms with van der Waals surface area (Å²) >= 11 is 1.44. The molecule has 0 unspecified atom stereocenters. The van der Waals surface area contributed by atoms with Crippen molar-refractivity contribution < 1.29 is 14.3 Å². The summed E-state index contributed by atoms with van der Waals surface area (Å²) in [6.45, 7) is 0.735. The number of anilines is 1. The number of hydrogen-bond donors (Lipinski definition) is 0. The fourth-order valence-corrected chi connectivity index (χ4v) is 4.94. The van der Waals surface area contributed by atoms with Gasteiger partial charge in [0.25, 0.3) is 0 Å². The zero-order valence-corrected chi connectivity index (χ0v) is 21.0. The lowest BCUT2D eigenvalue weighted by molar-refractivity contribution is -0.118. The summed E-state index contributed by atoms with van der Waals surface area (Å²) in [5, 5.41) is 9.43. The highest BCUT2D eigenvalue weighted by atomic mass is 32.2. The first kappa shape index (κ1) is 23.8. The molecule has 182 valence electrons. The second-order valence-corrected chi connectivity index (χ2v) is 9.33. The van der Waals surface area contributed by atoms with Gasteiger partial charge in [0, 0.05) is 35.5 Å². The Kier molecular flexibility index (Phi) is 7.13. The Hall–Kier alpha value is -3.91. The molecule has 0 N–H and O–H groups in total. The minimum Gasteiger partial charge on any atom is -0.497 e. The number of ether oxygens (including phenoxy) is 2. The van der Waals surface area contributed by atoms with Crippen LogP contribution < -0.4 is 14.4 Å². The molecular weight excluding hydrogens is 472 g/mol. The van der Waals surface area contributed by atoms with Crippen LogP contribution in [0, 0.1) is 0 Å². The standard InChI is InChI=1S/C28H26N4O3S/c1-34-22-11-7-20(8-12-22)26-27(21-9-13-23(35-2)14-10-21)30-31-28(29-26)36-18-16-25(33)32-17-15-19-5-3-4-6-24(19)32/h3-14H,15-18H2,1-2H3. The van der Waals surface area contributed by atoms with E-state index in [1.54, 1.807) is 14.2 Å². The topological polar surface area (TPSA) is 77.4 Å². The summed E-state index contributed by atoms with van der Waals surface area (Å²) < 4.78 is 10.6. The van der Waals surface area contributed by atoms with Crippen molar-refractivity contribution in [3.05, 3.63) is 78.4 Å². The maximum Gasteiger partial charge on any atom is 0.227 e. The minimum absolute atomic E-state index is 0.116. The summed E-state index contributed by atoms with van der Waals surface area (Å²) in [4.78, 5) is 19.6. The van der Waals surface area contributed by atoms with Gasteiger partial charge >= 0.3 is 0 Å². The van der Waals surface area contributed by atoms with Crippen molar-refractivity contribution in [2.24, 2.45) is 0 Å². The van der Waals surface area contributed by atoms with Gasteiger partial charge in [0.05, 0.1) is 14.2 Å². The molecule has 0 fully saturated rings. The Balaban J connectivity index is 1.35. The molecule has 1 aromatic heterocycles. The number of aromatic nitrogens is 3. The van der Waals surface area contributed by atoms with Gasteiger partial charge in [0.15, 0.2) is 0 Å². The molecule has 0 radical (unpaired) electrons. The van der Waals surface area contributed by atoms with Crippen molar-refractivity contribution >= 4 is 23.4 Å². The van der Waals surface area contributed by atoms with Gasteiger partial charge in [-0.05, 0) is 66.6 Å². The normalized spacial score (nSPS) is 12.3. The first-order valence-corrected chi connectivity index (χ1v) is 12.7. The molecule has 0 spiro atoms. The summed E-state index contributed by atoms with van der Waals surface area (Å²) in [7, 11) is 3.28. The fraction of sp³-hybridized carbons (Fsp3) is 0.214. The predicted octanol–water partition coefficient (Wildman–Crippen LogP) is 5.29. The van der Waals surface area contributed by atoms with Crippen LogP contribution in [-0.4, -0.2) is 47.6 Å². The predicted molar refractivity (Wildman–Crippen MR) is 142 cm³/mol. The van der Waals surface area contributed by atoms with E-state index < -0.39 is 0 Å². The van der Waals surface area contributed by atoms with Gasteiger partial charge in [-0.25, -0.2) is 4.98 Å². The summed E-state index contributed by atoms with van der Waals surface area (Å²) in [6.07, 6.45) is 1.31. The number of para-hydroxylation sites is 1. The molecule has 36 heavy (non-hydrogen) atoms. The van der Waals surface area contributed by atoms with E-state index in [9.17, 15) is 4.79 Å². The van der Waals surface area contributed by atoms with Gasteiger partial charge in [-0.2, -0.15) is 0 Å². The van der Waals surface area contributed by atoms with Crippen LogP contribution >= 0.6 is 11.8 Å². The van der Waals surface area contributed by atoms with E-state index in [0.29, 0.717) is 23.0 Å². The first-order chi connectivity index (χ1) is 17.7. The average Bonchev–Trinajstić information content (AvgIpc) is 3.37. The summed E-state index contributed by atoms with van der Waals surface area (Å²) in [5.74, 6) is 2.22. The molecule has 1 aliphatic rings. The molecule has 5 rings (SSSR count). The van der Waals surface area contributed by atoms with Crippen LogP contribution in [0.5, 0.6) is 11.5 Å². The van der Waals surface area contributed by atoms with Crippen LogP contribution in [0.4, 0.5) is 5.69 Å². The Morgan fingerprint density at radius 3 is 2.17 bits per heavy atom. The summed E-state index contributed by atoms with van der Waals surface area (Å²) in [5.41, 5.74) is 5.45. The molecule has 8 heteroatoms. The van der Waals surface area contributed by atoms with E-state index in [-0.39, 0.29) is 5.91 Å². The third-order valence-electron chi connectivity index (χ3n) is 6.13. The molecule has 0 atom stereocenters. The molecule has 2 heterocycles. The van der Waals surface area contributed by atoms with Crippen molar-refractivity contribution in [2.45, 2.75) is 18.0 Å². The maximum atomic E-state index is 12.9. The Morgan fingerprint density at radius 2 is 1.50 bits per heavy atom. The van der Waals surface area contributed by atoms with Gasteiger partial charge in [-0.1, -0.05) is 30.0 Å². The van der Waals surface area contributed by atoms with Crippen molar-refractivity contribution in [1.82, 2.24) is 15.2 Å². The first-order valence-electron chi connectivity index (χ1n) is 11.7. The van der Waals surface area contributed by atoms with Crippen LogP contribution in [0.1, 0.15) is 12.0 Å². The van der Waals surface area contributed by atoms with Crippen LogP contribution in [0.3, 0.4) is 0 Å². The summed E-state index contributed by atoms with van der Waals surface area (Å²) in [6, 6.07) is 23.5. The highest BCUT2D eigenvalue weighted by Crippen LogP contribution is 2.32. The number of methoxy groups -OCH3 is 2. The lowest BCUT2D eigenvalue weighted by Crippen LogP contribution is -2.29. The molecule has 0 bridgehead atoms. The van der Waals surface area contributed by atoms with Gasteiger partial charge in [-0.15, -0.1) is 10.2 Å². The lowest BCUT2D eigenvalue weighted by Gasteiger charge is -2.17. The SMILES string of the molecule is COc1ccc(-c2nnc(SCCC(=O)N3CCc4ccccc43)nc2-c2ccc(OC)cc2)cc1. The smallest absolute Gasteiger partial charge is 0.227 e. The van der Waals surface area contributed by atoms with Crippen LogP contribution in [-0.2, 0) is 11.2 Å². The van der Waals surface area contributed by atoms with E-state index in [2.05, 4.69) is 16.3 Å². The fourth-order valence-electron chi connectivity index (χ4n) is 4.23. The van der Waals surface area contributed by atoms with Crippen LogP contribution in [0.15, 0.2) is 78.0 Å². The number of carbonyl (C=O) groups excluding carboxylic acids is 1. The number of rotatable bonds is 8. The maximum absolute atomic E-state index is 12.9. The van der Waals surface area contributed by atoms with E-state index in [0.717, 1.165) is 47.0 Å². The third-order valence-corrected chi connectivity index (χ3v) is 6.97. The Bertz CT molecular complexity index is 1360. The molecule has 3 aromatic carbocycles. The van der Waals surface area contributed by atoms with Gasteiger partial charge in [0.2, 0.25) is 11.1 Å². The van der Waals surface area contributed by atoms with Gasteiger partial charge in [-0.3, -0.25) is 4.79 Å². The molecule has 0 aliphatic carbocycles.